The molecule has 2 amide bonds. The maximum atomic E-state index is 12.0. The normalized spacial score (nSPS) is 31.9. The lowest BCUT2D eigenvalue weighted by Crippen LogP contribution is -2.48. The number of amides is 2. The Bertz CT molecular complexity index is 488. The van der Waals surface area contributed by atoms with E-state index >= 15 is 0 Å². The standard InChI is InChI=1S/C15H21IN2O2/c1-3-4-11-9(2)14(20)18-15(11)7-5-10(6-8-15)12(16)13(17)19/h3-4,10,12H,5-8H2,1-2H3,(H2,17,19)(H,18,20)/b4-3-. The van der Waals surface area contributed by atoms with Gasteiger partial charge in [0.1, 0.15) is 0 Å². The molecule has 2 aliphatic rings. The highest BCUT2D eigenvalue weighted by molar-refractivity contribution is 14.1. The molecule has 0 aromatic rings. The number of hydrogen-bond donors (Lipinski definition) is 2. The van der Waals surface area contributed by atoms with Gasteiger partial charge in [0.25, 0.3) is 0 Å². The largest absolute Gasteiger partial charge is 0.369 e. The van der Waals surface area contributed by atoms with Crippen LogP contribution in [-0.4, -0.2) is 21.3 Å². The van der Waals surface area contributed by atoms with Gasteiger partial charge in [-0.1, -0.05) is 34.7 Å². The molecule has 5 heteroatoms. The zero-order valence-corrected chi connectivity index (χ0v) is 14.1. The Morgan fingerprint density at radius 2 is 2.10 bits per heavy atom. The van der Waals surface area contributed by atoms with Gasteiger partial charge in [-0.2, -0.15) is 0 Å². The number of nitrogens with two attached hydrogens (primary N) is 1. The summed E-state index contributed by atoms with van der Waals surface area (Å²) in [6, 6.07) is 0. The zero-order chi connectivity index (χ0) is 14.9. The van der Waals surface area contributed by atoms with Crippen molar-refractivity contribution in [2.24, 2.45) is 11.7 Å². The number of alkyl halides is 1. The Balaban J connectivity index is 2.16. The Morgan fingerprint density at radius 3 is 2.60 bits per heavy atom. The summed E-state index contributed by atoms with van der Waals surface area (Å²) < 4.78 is -0.114. The monoisotopic (exact) mass is 388 g/mol. The molecule has 1 spiro atoms. The molecule has 0 aromatic heterocycles. The minimum Gasteiger partial charge on any atom is -0.369 e. The summed E-state index contributed by atoms with van der Waals surface area (Å²) in [6.07, 6.45) is 7.64. The maximum absolute atomic E-state index is 12.0. The first-order chi connectivity index (χ1) is 9.41. The fourth-order valence-corrected chi connectivity index (χ4v) is 4.08. The van der Waals surface area contributed by atoms with Crippen LogP contribution in [0.1, 0.15) is 39.5 Å². The number of allylic oxidation sites excluding steroid dienone is 1. The van der Waals surface area contributed by atoms with E-state index < -0.39 is 0 Å². The fraction of sp³-hybridized carbons (Fsp3) is 0.600. The number of nitrogens with one attached hydrogen (secondary N) is 1. The van der Waals surface area contributed by atoms with Gasteiger partial charge in [0, 0.05) is 5.57 Å². The lowest BCUT2D eigenvalue weighted by molar-refractivity contribution is -0.119. The number of carbonyl (C=O) groups is 2. The molecule has 0 saturated heterocycles. The van der Waals surface area contributed by atoms with E-state index in [1.54, 1.807) is 0 Å². The summed E-state index contributed by atoms with van der Waals surface area (Å²) in [4.78, 5) is 23.3. The molecule has 1 fully saturated rings. The van der Waals surface area contributed by atoms with Crippen molar-refractivity contribution in [2.45, 2.75) is 49.0 Å². The van der Waals surface area contributed by atoms with Gasteiger partial charge in [0.05, 0.1) is 9.46 Å². The quantitative estimate of drug-likeness (QED) is 0.575. The van der Waals surface area contributed by atoms with Crippen LogP contribution in [0.2, 0.25) is 0 Å². The Morgan fingerprint density at radius 1 is 1.50 bits per heavy atom. The first-order valence-electron chi connectivity index (χ1n) is 7.01. The van der Waals surface area contributed by atoms with E-state index in [0.717, 1.165) is 36.8 Å². The summed E-state index contributed by atoms with van der Waals surface area (Å²) in [5.41, 5.74) is 7.11. The average molecular weight is 388 g/mol. The van der Waals surface area contributed by atoms with E-state index in [9.17, 15) is 9.59 Å². The van der Waals surface area contributed by atoms with Crippen molar-refractivity contribution in [1.29, 1.82) is 0 Å². The van der Waals surface area contributed by atoms with Gasteiger partial charge < -0.3 is 11.1 Å². The molecular formula is C15H21IN2O2. The highest BCUT2D eigenvalue weighted by atomic mass is 127. The molecule has 110 valence electrons. The zero-order valence-electron chi connectivity index (χ0n) is 11.9. The van der Waals surface area contributed by atoms with Crippen LogP contribution in [0, 0.1) is 5.92 Å². The van der Waals surface area contributed by atoms with E-state index in [-0.39, 0.29) is 21.3 Å². The van der Waals surface area contributed by atoms with Crippen LogP contribution >= 0.6 is 22.6 Å². The smallest absolute Gasteiger partial charge is 0.247 e. The Hall–Kier alpha value is -0.850. The third-order valence-electron chi connectivity index (χ3n) is 4.52. The third-order valence-corrected chi connectivity index (χ3v) is 6.15. The van der Waals surface area contributed by atoms with Crippen LogP contribution in [0.5, 0.6) is 0 Å². The first kappa shape index (κ1) is 15.5. The molecule has 0 aromatic carbocycles. The van der Waals surface area contributed by atoms with Crippen LogP contribution in [0.3, 0.4) is 0 Å². The molecular weight excluding hydrogens is 367 g/mol. The predicted octanol–water partition coefficient (Wildman–Crippen LogP) is 2.23. The number of carbonyl (C=O) groups excluding carboxylic acids is 2. The van der Waals surface area contributed by atoms with Crippen LogP contribution in [0.15, 0.2) is 23.3 Å². The molecule has 3 N–H and O–H groups in total. The van der Waals surface area contributed by atoms with Gasteiger partial charge in [-0.3, -0.25) is 9.59 Å². The highest BCUT2D eigenvalue weighted by Crippen LogP contribution is 2.43. The maximum Gasteiger partial charge on any atom is 0.247 e. The van der Waals surface area contributed by atoms with E-state index in [1.807, 2.05) is 26.0 Å². The summed E-state index contributed by atoms with van der Waals surface area (Å²) in [7, 11) is 0. The number of halogens is 1. The minimum atomic E-state index is -0.234. The van der Waals surface area contributed by atoms with Crippen molar-refractivity contribution in [3.8, 4) is 0 Å². The molecule has 1 unspecified atom stereocenters. The Labute approximate surface area is 133 Å². The van der Waals surface area contributed by atoms with Gasteiger partial charge in [-0.25, -0.2) is 0 Å². The highest BCUT2D eigenvalue weighted by Gasteiger charge is 2.45. The SMILES string of the molecule is C/C=C\C1=C(C)C(=O)NC12CCC(C(I)C(N)=O)CC2. The van der Waals surface area contributed by atoms with Gasteiger partial charge in [-0.15, -0.1) is 0 Å². The lowest BCUT2D eigenvalue weighted by Gasteiger charge is -2.39. The van der Waals surface area contributed by atoms with Crippen molar-refractivity contribution in [3.63, 3.8) is 0 Å². The van der Waals surface area contributed by atoms with Crippen molar-refractivity contribution >= 4 is 34.4 Å². The summed E-state index contributed by atoms with van der Waals surface area (Å²) >= 11 is 2.14. The van der Waals surface area contributed by atoms with Crippen LogP contribution in [0.4, 0.5) is 0 Å². The van der Waals surface area contributed by atoms with Crippen molar-refractivity contribution < 1.29 is 9.59 Å². The second-order valence-corrected chi connectivity index (χ2v) is 7.06. The van der Waals surface area contributed by atoms with E-state index in [2.05, 4.69) is 27.9 Å². The molecule has 1 aliphatic heterocycles. The van der Waals surface area contributed by atoms with Crippen molar-refractivity contribution in [2.75, 3.05) is 0 Å². The van der Waals surface area contributed by atoms with E-state index in [1.165, 1.54) is 0 Å². The summed E-state index contributed by atoms with van der Waals surface area (Å²) in [5, 5.41) is 3.16. The van der Waals surface area contributed by atoms with E-state index in [4.69, 9.17) is 5.73 Å². The number of primary amides is 1. The number of hydrogen-bond acceptors (Lipinski definition) is 2. The van der Waals surface area contributed by atoms with Gasteiger partial charge in [0.2, 0.25) is 11.8 Å². The lowest BCUT2D eigenvalue weighted by atomic mass is 9.72. The first-order valence-corrected chi connectivity index (χ1v) is 8.26. The van der Waals surface area contributed by atoms with Crippen LogP contribution in [0.25, 0.3) is 0 Å². The van der Waals surface area contributed by atoms with Gasteiger partial charge in [0.15, 0.2) is 0 Å². The van der Waals surface area contributed by atoms with Crippen LogP contribution < -0.4 is 11.1 Å². The summed E-state index contributed by atoms with van der Waals surface area (Å²) in [5.74, 6) is 0.128. The van der Waals surface area contributed by atoms with Crippen molar-refractivity contribution in [1.82, 2.24) is 5.32 Å². The Kier molecular flexibility index (Phi) is 4.56. The fourth-order valence-electron chi connectivity index (χ4n) is 3.36. The average Bonchev–Trinajstić information content (AvgIpc) is 2.64. The van der Waals surface area contributed by atoms with Crippen LogP contribution in [-0.2, 0) is 9.59 Å². The molecule has 1 aliphatic carbocycles. The molecule has 20 heavy (non-hydrogen) atoms. The minimum absolute atomic E-state index is 0.0393. The van der Waals surface area contributed by atoms with Gasteiger partial charge in [-0.05, 0) is 51.0 Å². The molecule has 2 rings (SSSR count). The third kappa shape index (κ3) is 2.64. The molecule has 1 atom stereocenters. The molecule has 0 radical (unpaired) electrons. The molecule has 1 heterocycles. The molecule has 0 bridgehead atoms. The topological polar surface area (TPSA) is 72.2 Å². The number of rotatable bonds is 3. The van der Waals surface area contributed by atoms with E-state index in [0.29, 0.717) is 5.92 Å². The second kappa shape index (κ2) is 5.87. The van der Waals surface area contributed by atoms with Gasteiger partial charge >= 0.3 is 0 Å². The molecule has 1 saturated carbocycles. The second-order valence-electron chi connectivity index (χ2n) is 5.72. The molecule has 4 nitrogen and oxygen atoms in total. The summed E-state index contributed by atoms with van der Waals surface area (Å²) in [6.45, 7) is 3.85. The predicted molar refractivity (Wildman–Crippen MR) is 87.3 cm³/mol. The van der Waals surface area contributed by atoms with Crippen molar-refractivity contribution in [3.05, 3.63) is 23.3 Å².